The average molecular weight is 309 g/mol. The number of amides is 1. The van der Waals surface area contributed by atoms with Crippen LogP contribution in [0.15, 0.2) is 6.58 Å². The number of hydrogen-bond donors (Lipinski definition) is 1. The molecule has 0 spiro atoms. The third kappa shape index (κ3) is 4.44. The summed E-state index contributed by atoms with van der Waals surface area (Å²) >= 11 is 0. The summed E-state index contributed by atoms with van der Waals surface area (Å²) in [6.07, 6.45) is 0.604. The van der Waals surface area contributed by atoms with E-state index in [1.165, 1.54) is 20.3 Å². The molecule has 8 heteroatoms. The van der Waals surface area contributed by atoms with Gasteiger partial charge < -0.3 is 14.2 Å². The number of aromatic nitrogens is 2. The lowest BCUT2D eigenvalue weighted by Crippen LogP contribution is -2.28. The van der Waals surface area contributed by atoms with Crippen LogP contribution in [0.2, 0.25) is 0 Å². The quantitative estimate of drug-likeness (QED) is 0.851. The van der Waals surface area contributed by atoms with Gasteiger partial charge in [-0.15, -0.1) is 0 Å². The molecule has 22 heavy (non-hydrogen) atoms. The Morgan fingerprint density at radius 3 is 2.32 bits per heavy atom. The number of methoxy groups -OCH3 is 2. The van der Waals surface area contributed by atoms with Gasteiger partial charge in [0.05, 0.1) is 19.9 Å². The monoisotopic (exact) mass is 309 g/mol. The van der Waals surface area contributed by atoms with E-state index in [1.807, 2.05) is 0 Å². The van der Waals surface area contributed by atoms with E-state index in [-0.39, 0.29) is 23.1 Å². The second-order valence-electron chi connectivity index (χ2n) is 5.14. The summed E-state index contributed by atoms with van der Waals surface area (Å²) in [5, 5.41) is 2.37. The van der Waals surface area contributed by atoms with E-state index in [0.717, 1.165) is 0 Å². The van der Waals surface area contributed by atoms with Crippen LogP contribution in [-0.4, -0.2) is 41.9 Å². The van der Waals surface area contributed by atoms with Gasteiger partial charge in [-0.05, 0) is 26.8 Å². The van der Waals surface area contributed by atoms with Crippen LogP contribution in [0.1, 0.15) is 36.8 Å². The standard InChI is InChI=1S/C14H19N3O5/c1-7-8-9(11(18)21-6)10(20-5)16-12(15-8)17-13(19)22-14(2,3)4/h7H,1H2,2-6H3,(H,15,16,17,19). The molecule has 0 unspecified atom stereocenters. The van der Waals surface area contributed by atoms with Crippen LogP contribution >= 0.6 is 0 Å². The predicted octanol–water partition coefficient (Wildman–Crippen LogP) is 2.26. The minimum absolute atomic E-state index is 0.0229. The summed E-state index contributed by atoms with van der Waals surface area (Å²) < 4.78 is 14.8. The van der Waals surface area contributed by atoms with Crippen molar-refractivity contribution in [2.75, 3.05) is 19.5 Å². The lowest BCUT2D eigenvalue weighted by Gasteiger charge is -2.19. The number of carbonyl (C=O) groups excluding carboxylic acids is 2. The van der Waals surface area contributed by atoms with Gasteiger partial charge in [0.15, 0.2) is 0 Å². The van der Waals surface area contributed by atoms with E-state index in [0.29, 0.717) is 0 Å². The Morgan fingerprint density at radius 1 is 1.23 bits per heavy atom. The maximum Gasteiger partial charge on any atom is 0.414 e. The molecule has 1 amide bonds. The van der Waals surface area contributed by atoms with Crippen LogP contribution in [0.3, 0.4) is 0 Å². The van der Waals surface area contributed by atoms with Crippen molar-refractivity contribution >= 4 is 24.1 Å². The summed E-state index contributed by atoms with van der Waals surface area (Å²) in [7, 11) is 2.56. The van der Waals surface area contributed by atoms with Gasteiger partial charge in [-0.2, -0.15) is 4.98 Å². The van der Waals surface area contributed by atoms with Crippen molar-refractivity contribution in [3.63, 3.8) is 0 Å². The maximum atomic E-state index is 11.8. The molecule has 0 radical (unpaired) electrons. The number of anilines is 1. The number of nitrogens with zero attached hydrogens (tertiary/aromatic N) is 2. The van der Waals surface area contributed by atoms with Gasteiger partial charge in [0.25, 0.3) is 0 Å². The minimum Gasteiger partial charge on any atom is -0.480 e. The first-order chi connectivity index (χ1) is 10.2. The van der Waals surface area contributed by atoms with Crippen LogP contribution in [-0.2, 0) is 9.47 Å². The van der Waals surface area contributed by atoms with Gasteiger partial charge in [0.1, 0.15) is 11.2 Å². The number of nitrogens with one attached hydrogen (secondary N) is 1. The van der Waals surface area contributed by atoms with Crippen molar-refractivity contribution < 1.29 is 23.8 Å². The first-order valence-electron chi connectivity index (χ1n) is 6.38. The Labute approximate surface area is 128 Å². The summed E-state index contributed by atoms with van der Waals surface area (Å²) in [5.74, 6) is -0.785. The molecule has 0 aliphatic heterocycles. The Balaban J connectivity index is 3.16. The van der Waals surface area contributed by atoms with Gasteiger partial charge in [-0.3, -0.25) is 5.32 Å². The van der Waals surface area contributed by atoms with Gasteiger partial charge in [0, 0.05) is 0 Å². The van der Waals surface area contributed by atoms with Gasteiger partial charge in [0.2, 0.25) is 11.8 Å². The molecule has 0 atom stereocenters. The highest BCUT2D eigenvalue weighted by molar-refractivity contribution is 5.95. The summed E-state index contributed by atoms with van der Waals surface area (Å²) in [4.78, 5) is 31.4. The normalized spacial score (nSPS) is 10.6. The minimum atomic E-state index is -0.726. The zero-order chi connectivity index (χ0) is 16.9. The fourth-order valence-electron chi connectivity index (χ4n) is 1.50. The Hall–Kier alpha value is -2.64. The third-order valence-corrected chi connectivity index (χ3v) is 2.29. The van der Waals surface area contributed by atoms with Crippen molar-refractivity contribution in [1.29, 1.82) is 0 Å². The van der Waals surface area contributed by atoms with Crippen LogP contribution in [0, 0.1) is 0 Å². The van der Waals surface area contributed by atoms with Crippen molar-refractivity contribution in [2.45, 2.75) is 26.4 Å². The molecule has 0 saturated heterocycles. The van der Waals surface area contributed by atoms with Gasteiger partial charge in [-0.1, -0.05) is 6.58 Å². The fraction of sp³-hybridized carbons (Fsp3) is 0.429. The number of esters is 1. The lowest BCUT2D eigenvalue weighted by molar-refractivity contribution is 0.0594. The zero-order valence-corrected chi connectivity index (χ0v) is 13.2. The van der Waals surface area contributed by atoms with E-state index in [9.17, 15) is 9.59 Å². The Morgan fingerprint density at radius 2 is 1.86 bits per heavy atom. The second kappa shape index (κ2) is 6.88. The number of ether oxygens (including phenoxy) is 3. The van der Waals surface area contributed by atoms with Crippen molar-refractivity contribution in [3.05, 3.63) is 17.8 Å². The zero-order valence-electron chi connectivity index (χ0n) is 13.2. The van der Waals surface area contributed by atoms with Crippen LogP contribution < -0.4 is 10.1 Å². The molecule has 1 heterocycles. The number of hydrogen-bond acceptors (Lipinski definition) is 7. The molecule has 0 aliphatic rings. The van der Waals surface area contributed by atoms with Gasteiger partial charge in [-0.25, -0.2) is 14.6 Å². The maximum absolute atomic E-state index is 11.8. The van der Waals surface area contributed by atoms with E-state index in [2.05, 4.69) is 26.6 Å². The largest absolute Gasteiger partial charge is 0.480 e. The van der Waals surface area contributed by atoms with Crippen LogP contribution in [0.4, 0.5) is 10.7 Å². The fourth-order valence-corrected chi connectivity index (χ4v) is 1.50. The van der Waals surface area contributed by atoms with E-state index in [1.54, 1.807) is 20.8 Å². The van der Waals surface area contributed by atoms with Crippen molar-refractivity contribution in [1.82, 2.24) is 9.97 Å². The SMILES string of the molecule is C=Cc1nc(NC(=O)OC(C)(C)C)nc(OC)c1C(=O)OC. The summed E-state index contributed by atoms with van der Waals surface area (Å²) in [6.45, 7) is 8.74. The molecule has 120 valence electrons. The van der Waals surface area contributed by atoms with Crippen molar-refractivity contribution in [3.8, 4) is 5.88 Å². The van der Waals surface area contributed by atoms with E-state index >= 15 is 0 Å². The molecule has 0 aromatic carbocycles. The highest BCUT2D eigenvalue weighted by Crippen LogP contribution is 2.23. The van der Waals surface area contributed by atoms with E-state index < -0.39 is 17.7 Å². The Bertz CT molecular complexity index is 593. The molecule has 8 nitrogen and oxygen atoms in total. The molecule has 0 bridgehead atoms. The topological polar surface area (TPSA) is 99.6 Å². The molecular weight excluding hydrogens is 290 g/mol. The Kier molecular flexibility index (Phi) is 5.44. The second-order valence-corrected chi connectivity index (χ2v) is 5.14. The molecule has 1 rings (SSSR count). The molecule has 0 fully saturated rings. The van der Waals surface area contributed by atoms with E-state index in [4.69, 9.17) is 9.47 Å². The molecule has 1 aromatic heterocycles. The number of rotatable bonds is 4. The summed E-state index contributed by atoms with van der Waals surface area (Å²) in [6, 6.07) is 0. The lowest BCUT2D eigenvalue weighted by atomic mass is 10.2. The highest BCUT2D eigenvalue weighted by Gasteiger charge is 2.23. The van der Waals surface area contributed by atoms with Crippen LogP contribution in [0.25, 0.3) is 6.08 Å². The first-order valence-corrected chi connectivity index (χ1v) is 6.38. The average Bonchev–Trinajstić information content (AvgIpc) is 2.43. The smallest absolute Gasteiger partial charge is 0.414 e. The number of carbonyl (C=O) groups is 2. The molecule has 0 saturated carbocycles. The molecule has 1 N–H and O–H groups in total. The van der Waals surface area contributed by atoms with Crippen LogP contribution in [0.5, 0.6) is 5.88 Å². The van der Waals surface area contributed by atoms with Crippen molar-refractivity contribution in [2.24, 2.45) is 0 Å². The third-order valence-electron chi connectivity index (χ3n) is 2.29. The molecule has 0 aliphatic carbocycles. The molecule has 1 aromatic rings. The summed E-state index contributed by atoms with van der Waals surface area (Å²) in [5.41, 5.74) is -0.471. The highest BCUT2D eigenvalue weighted by atomic mass is 16.6. The molecular formula is C14H19N3O5. The predicted molar refractivity (Wildman–Crippen MR) is 79.9 cm³/mol. The first kappa shape index (κ1) is 17.4. The van der Waals surface area contributed by atoms with Gasteiger partial charge >= 0.3 is 12.1 Å².